The molecular formula is C21H30N4OS. The van der Waals surface area contributed by atoms with Gasteiger partial charge in [-0.05, 0) is 36.1 Å². The summed E-state index contributed by atoms with van der Waals surface area (Å²) in [5.41, 5.74) is 1.80. The average Bonchev–Trinajstić information content (AvgIpc) is 3.19. The molecule has 0 aliphatic carbocycles. The van der Waals surface area contributed by atoms with Gasteiger partial charge < -0.3 is 15.5 Å². The number of guanidine groups is 1. The molecule has 0 unspecified atom stereocenters. The van der Waals surface area contributed by atoms with Crippen molar-refractivity contribution >= 4 is 23.2 Å². The fourth-order valence-corrected chi connectivity index (χ4v) is 3.43. The first kappa shape index (κ1) is 21.0. The zero-order valence-corrected chi connectivity index (χ0v) is 17.7. The number of nitrogens with zero attached hydrogens (tertiary/aromatic N) is 2. The number of nitrogens with one attached hydrogen (secondary N) is 2. The van der Waals surface area contributed by atoms with E-state index >= 15 is 0 Å². The van der Waals surface area contributed by atoms with Gasteiger partial charge in [-0.3, -0.25) is 4.79 Å². The van der Waals surface area contributed by atoms with Gasteiger partial charge in [-0.1, -0.05) is 32.0 Å². The molecule has 1 aromatic heterocycles. The molecule has 0 aliphatic heterocycles. The average molecular weight is 387 g/mol. The van der Waals surface area contributed by atoms with Crippen molar-refractivity contribution < 1.29 is 4.79 Å². The van der Waals surface area contributed by atoms with Gasteiger partial charge in [0, 0.05) is 43.0 Å². The van der Waals surface area contributed by atoms with Crippen LogP contribution in [0, 0.1) is 0 Å². The van der Waals surface area contributed by atoms with E-state index in [0.717, 1.165) is 24.6 Å². The third-order valence-corrected chi connectivity index (χ3v) is 5.49. The highest BCUT2D eigenvalue weighted by atomic mass is 32.1. The highest BCUT2D eigenvalue weighted by molar-refractivity contribution is 7.10. The normalized spacial score (nSPS) is 12.0. The predicted octanol–water partition coefficient (Wildman–Crippen LogP) is 3.48. The largest absolute Gasteiger partial charge is 0.357 e. The van der Waals surface area contributed by atoms with E-state index in [-0.39, 0.29) is 11.3 Å². The molecule has 6 heteroatoms. The predicted molar refractivity (Wildman–Crippen MR) is 115 cm³/mol. The highest BCUT2D eigenvalue weighted by Crippen LogP contribution is 2.26. The van der Waals surface area contributed by atoms with E-state index < -0.39 is 0 Å². The maximum Gasteiger partial charge on any atom is 0.253 e. The molecule has 27 heavy (non-hydrogen) atoms. The number of thiophene rings is 1. The second kappa shape index (κ2) is 9.55. The summed E-state index contributed by atoms with van der Waals surface area (Å²) < 4.78 is 0. The fraction of sp³-hybridized carbons (Fsp3) is 0.429. The molecule has 0 spiro atoms. The molecule has 2 aromatic rings. The van der Waals surface area contributed by atoms with Crippen LogP contribution in [0.2, 0.25) is 0 Å². The lowest BCUT2D eigenvalue weighted by atomic mass is 9.91. The van der Waals surface area contributed by atoms with Crippen LogP contribution in [0.3, 0.4) is 0 Å². The monoisotopic (exact) mass is 386 g/mol. The summed E-state index contributed by atoms with van der Waals surface area (Å²) in [4.78, 5) is 19.6. The highest BCUT2D eigenvalue weighted by Gasteiger charge is 2.21. The third kappa shape index (κ3) is 6.10. The molecule has 1 amide bonds. The van der Waals surface area contributed by atoms with Crippen molar-refractivity contribution in [1.82, 2.24) is 15.5 Å². The fourth-order valence-electron chi connectivity index (χ4n) is 2.58. The molecule has 5 nitrogen and oxygen atoms in total. The molecule has 0 saturated heterocycles. The summed E-state index contributed by atoms with van der Waals surface area (Å²) in [6.45, 7) is 8.69. The van der Waals surface area contributed by atoms with Gasteiger partial charge in [0.15, 0.2) is 5.96 Å². The Balaban J connectivity index is 1.99. The lowest BCUT2D eigenvalue weighted by molar-refractivity contribution is 0.0827. The molecule has 2 rings (SSSR count). The van der Waals surface area contributed by atoms with Crippen LogP contribution in [0.5, 0.6) is 0 Å². The molecule has 1 heterocycles. The van der Waals surface area contributed by atoms with Gasteiger partial charge in [-0.15, -0.1) is 11.3 Å². The minimum Gasteiger partial charge on any atom is -0.357 e. The van der Waals surface area contributed by atoms with E-state index in [0.29, 0.717) is 12.1 Å². The maximum absolute atomic E-state index is 12.0. The van der Waals surface area contributed by atoms with Crippen molar-refractivity contribution in [1.29, 1.82) is 0 Å². The van der Waals surface area contributed by atoms with E-state index in [1.807, 2.05) is 24.3 Å². The van der Waals surface area contributed by atoms with Crippen LogP contribution in [0.25, 0.3) is 0 Å². The van der Waals surface area contributed by atoms with E-state index in [1.165, 1.54) is 4.88 Å². The SMILES string of the molecule is CCNC(=NCc1ccc(C(=O)N(C)C)cc1)NCC(C)(C)c1cccs1. The molecule has 1 aromatic carbocycles. The Bertz CT molecular complexity index is 749. The molecule has 2 N–H and O–H groups in total. The van der Waals surface area contributed by atoms with Crippen LogP contribution in [0.4, 0.5) is 0 Å². The molecule has 146 valence electrons. The number of rotatable bonds is 7. The summed E-state index contributed by atoms with van der Waals surface area (Å²) in [5.74, 6) is 0.812. The topological polar surface area (TPSA) is 56.7 Å². The van der Waals surface area contributed by atoms with Gasteiger partial charge in [-0.2, -0.15) is 0 Å². The van der Waals surface area contributed by atoms with Gasteiger partial charge in [0.2, 0.25) is 0 Å². The van der Waals surface area contributed by atoms with E-state index in [2.05, 4.69) is 53.9 Å². The second-order valence-corrected chi connectivity index (χ2v) is 8.25. The van der Waals surface area contributed by atoms with Crippen LogP contribution in [0.1, 0.15) is 41.6 Å². The Kier molecular flexibility index (Phi) is 7.42. The first-order valence-corrected chi connectivity index (χ1v) is 10.1. The van der Waals surface area contributed by atoms with Crippen molar-refractivity contribution in [3.05, 3.63) is 57.8 Å². The van der Waals surface area contributed by atoms with Crippen LogP contribution < -0.4 is 10.6 Å². The molecule has 0 fully saturated rings. The minimum absolute atomic E-state index is 0.0101. The van der Waals surface area contributed by atoms with Crippen LogP contribution in [-0.4, -0.2) is 44.0 Å². The van der Waals surface area contributed by atoms with Gasteiger partial charge >= 0.3 is 0 Å². The summed E-state index contributed by atoms with van der Waals surface area (Å²) in [6.07, 6.45) is 0. The number of carbonyl (C=O) groups excluding carboxylic acids is 1. The van der Waals surface area contributed by atoms with Crippen molar-refractivity contribution in [2.45, 2.75) is 32.7 Å². The van der Waals surface area contributed by atoms with Crippen molar-refractivity contribution in [3.63, 3.8) is 0 Å². The number of hydrogen-bond donors (Lipinski definition) is 2. The Morgan fingerprint density at radius 1 is 1.15 bits per heavy atom. The Morgan fingerprint density at radius 2 is 1.85 bits per heavy atom. The Labute approximate surface area is 166 Å². The Morgan fingerprint density at radius 3 is 2.41 bits per heavy atom. The molecule has 0 aliphatic rings. The minimum atomic E-state index is 0.0101. The van der Waals surface area contributed by atoms with Crippen LogP contribution in [-0.2, 0) is 12.0 Å². The quantitative estimate of drug-likeness (QED) is 0.566. The lowest BCUT2D eigenvalue weighted by Crippen LogP contribution is -2.43. The molecule has 0 bridgehead atoms. The summed E-state index contributed by atoms with van der Waals surface area (Å²) >= 11 is 1.78. The lowest BCUT2D eigenvalue weighted by Gasteiger charge is -2.25. The van der Waals surface area contributed by atoms with Crippen LogP contribution >= 0.6 is 11.3 Å². The number of carbonyl (C=O) groups is 1. The molecular weight excluding hydrogens is 356 g/mol. The Hall–Kier alpha value is -2.34. The molecule has 0 radical (unpaired) electrons. The summed E-state index contributed by atoms with van der Waals surface area (Å²) in [7, 11) is 3.51. The second-order valence-electron chi connectivity index (χ2n) is 7.31. The van der Waals surface area contributed by atoms with E-state index in [9.17, 15) is 4.79 Å². The van der Waals surface area contributed by atoms with Gasteiger partial charge in [-0.25, -0.2) is 4.99 Å². The summed E-state index contributed by atoms with van der Waals surface area (Å²) in [6, 6.07) is 11.9. The standard InChI is InChI=1S/C21H30N4OS/c1-6-22-20(24-15-21(2,3)18-8-7-13-27-18)23-14-16-9-11-17(12-10-16)19(26)25(4)5/h7-13H,6,14-15H2,1-5H3,(H2,22,23,24). The zero-order valence-electron chi connectivity index (χ0n) is 16.9. The third-order valence-electron chi connectivity index (χ3n) is 4.26. The van der Waals surface area contributed by atoms with Crippen LogP contribution in [0.15, 0.2) is 46.8 Å². The zero-order chi connectivity index (χ0) is 19.9. The van der Waals surface area contributed by atoms with Crippen molar-refractivity contribution in [2.24, 2.45) is 4.99 Å². The first-order chi connectivity index (χ1) is 12.8. The van der Waals surface area contributed by atoms with Gasteiger partial charge in [0.25, 0.3) is 5.91 Å². The summed E-state index contributed by atoms with van der Waals surface area (Å²) in [5, 5.41) is 8.86. The number of benzene rings is 1. The van der Waals surface area contributed by atoms with E-state index in [4.69, 9.17) is 0 Å². The van der Waals surface area contributed by atoms with Gasteiger partial charge in [0.1, 0.15) is 0 Å². The smallest absolute Gasteiger partial charge is 0.253 e. The van der Waals surface area contributed by atoms with Gasteiger partial charge in [0.05, 0.1) is 6.54 Å². The maximum atomic E-state index is 12.0. The first-order valence-electron chi connectivity index (χ1n) is 9.20. The van der Waals surface area contributed by atoms with Crippen molar-refractivity contribution in [2.75, 3.05) is 27.2 Å². The number of hydrogen-bond acceptors (Lipinski definition) is 3. The number of amides is 1. The van der Waals surface area contributed by atoms with Crippen molar-refractivity contribution in [3.8, 4) is 0 Å². The molecule has 0 atom stereocenters. The number of aliphatic imine (C=N–C) groups is 1. The van der Waals surface area contributed by atoms with E-state index in [1.54, 1.807) is 30.3 Å². The molecule has 0 saturated carbocycles.